The Morgan fingerprint density at radius 1 is 0.867 bits per heavy atom. The van der Waals surface area contributed by atoms with Gasteiger partial charge in [-0.25, -0.2) is 0 Å². The number of nitrogens with zero attached hydrogens (tertiary/aromatic N) is 3. The Labute approximate surface area is 175 Å². The Hall–Kier alpha value is -3.06. The van der Waals surface area contributed by atoms with Crippen LogP contribution in [0.3, 0.4) is 0 Å². The van der Waals surface area contributed by atoms with Crippen molar-refractivity contribution < 1.29 is 19.1 Å². The molecule has 0 bridgehead atoms. The minimum atomic E-state index is -0.411. The molecule has 2 aromatic carbocycles. The van der Waals surface area contributed by atoms with Gasteiger partial charge in [-0.3, -0.25) is 14.5 Å². The van der Waals surface area contributed by atoms with Crippen molar-refractivity contribution in [3.05, 3.63) is 53.6 Å². The number of anilines is 1. The van der Waals surface area contributed by atoms with Gasteiger partial charge in [0.1, 0.15) is 0 Å². The molecule has 3 aliphatic rings. The molecule has 0 N–H and O–H groups in total. The van der Waals surface area contributed by atoms with E-state index >= 15 is 0 Å². The summed E-state index contributed by atoms with van der Waals surface area (Å²) in [6.07, 6.45) is 1.84. The third-order valence-corrected chi connectivity index (χ3v) is 6.04. The highest BCUT2D eigenvalue weighted by Gasteiger charge is 2.32. The maximum Gasteiger partial charge on any atom is 0.316 e. The van der Waals surface area contributed by atoms with Crippen molar-refractivity contribution in [3.63, 3.8) is 0 Å². The maximum absolute atomic E-state index is 12.9. The first-order valence-electron chi connectivity index (χ1n) is 10.5. The monoisotopic (exact) mass is 407 g/mol. The topological polar surface area (TPSA) is 62.3 Å². The van der Waals surface area contributed by atoms with E-state index < -0.39 is 11.8 Å². The minimum absolute atomic E-state index is 0.273. The summed E-state index contributed by atoms with van der Waals surface area (Å²) in [6.45, 7) is 4.26. The van der Waals surface area contributed by atoms with E-state index in [4.69, 9.17) is 9.47 Å². The Bertz CT molecular complexity index is 969. The number of hydrogen-bond acceptors (Lipinski definition) is 5. The molecule has 30 heavy (non-hydrogen) atoms. The molecular weight excluding hydrogens is 382 g/mol. The van der Waals surface area contributed by atoms with E-state index in [1.165, 1.54) is 0 Å². The Kier molecular flexibility index (Phi) is 5.04. The molecule has 0 atom stereocenters. The molecule has 3 heterocycles. The van der Waals surface area contributed by atoms with Crippen LogP contribution < -0.4 is 14.4 Å². The quantitative estimate of drug-likeness (QED) is 0.713. The van der Waals surface area contributed by atoms with Gasteiger partial charge in [0.05, 0.1) is 0 Å². The van der Waals surface area contributed by atoms with E-state index in [2.05, 4.69) is 4.90 Å². The molecule has 0 spiro atoms. The van der Waals surface area contributed by atoms with Gasteiger partial charge in [-0.15, -0.1) is 0 Å². The fourth-order valence-electron chi connectivity index (χ4n) is 4.40. The number of aryl methyl sites for hydroxylation is 1. The molecule has 5 rings (SSSR count). The van der Waals surface area contributed by atoms with Crippen LogP contribution in [-0.2, 0) is 22.6 Å². The van der Waals surface area contributed by atoms with Crippen LogP contribution in [0.5, 0.6) is 11.5 Å². The lowest BCUT2D eigenvalue weighted by molar-refractivity contribution is -0.145. The standard InChI is InChI=1S/C23H25N3O4/c27-22(23(28)26-9-3-5-18-4-1-2-6-19(18)26)25-12-10-24(11-13-25)15-17-7-8-20-21(14-17)30-16-29-20/h1-2,4,6-8,14H,3,5,9-13,15-16H2. The van der Waals surface area contributed by atoms with Crippen molar-refractivity contribution in [2.45, 2.75) is 19.4 Å². The summed E-state index contributed by atoms with van der Waals surface area (Å²) < 4.78 is 10.8. The number of hydrogen-bond donors (Lipinski definition) is 0. The number of fused-ring (bicyclic) bond motifs is 2. The second-order valence-electron chi connectivity index (χ2n) is 7.95. The van der Waals surface area contributed by atoms with E-state index in [1.807, 2.05) is 42.5 Å². The summed E-state index contributed by atoms with van der Waals surface area (Å²) in [5.74, 6) is 0.765. The van der Waals surface area contributed by atoms with Crippen LogP contribution in [0.4, 0.5) is 5.69 Å². The van der Waals surface area contributed by atoms with Gasteiger partial charge in [-0.2, -0.15) is 0 Å². The summed E-state index contributed by atoms with van der Waals surface area (Å²) in [4.78, 5) is 31.5. The van der Waals surface area contributed by atoms with Crippen molar-refractivity contribution in [3.8, 4) is 11.5 Å². The Morgan fingerprint density at radius 2 is 1.67 bits per heavy atom. The highest BCUT2D eigenvalue weighted by Crippen LogP contribution is 2.33. The van der Waals surface area contributed by atoms with E-state index in [-0.39, 0.29) is 6.79 Å². The van der Waals surface area contributed by atoms with Crippen molar-refractivity contribution in [2.75, 3.05) is 44.4 Å². The summed E-state index contributed by atoms with van der Waals surface area (Å²) in [5, 5.41) is 0. The Morgan fingerprint density at radius 3 is 2.53 bits per heavy atom. The first kappa shape index (κ1) is 18.9. The first-order chi connectivity index (χ1) is 14.7. The molecule has 1 saturated heterocycles. The highest BCUT2D eigenvalue weighted by atomic mass is 16.7. The molecule has 7 nitrogen and oxygen atoms in total. The fraction of sp³-hybridized carbons (Fsp3) is 0.391. The number of rotatable bonds is 2. The van der Waals surface area contributed by atoms with E-state index in [0.717, 1.165) is 60.8 Å². The molecule has 7 heteroatoms. The third kappa shape index (κ3) is 3.61. The predicted octanol–water partition coefficient (Wildman–Crippen LogP) is 2.04. The zero-order valence-electron chi connectivity index (χ0n) is 16.9. The van der Waals surface area contributed by atoms with Crippen LogP contribution in [0.1, 0.15) is 17.5 Å². The number of carbonyl (C=O) groups excluding carboxylic acids is 2. The lowest BCUT2D eigenvalue weighted by Crippen LogP contribution is -2.53. The SMILES string of the molecule is O=C(C(=O)N1CCCc2ccccc21)N1CCN(Cc2ccc3c(c2)OCO3)CC1. The lowest BCUT2D eigenvalue weighted by atomic mass is 10.0. The zero-order valence-corrected chi connectivity index (χ0v) is 16.9. The Balaban J connectivity index is 1.19. The van der Waals surface area contributed by atoms with Crippen LogP contribution in [0, 0.1) is 0 Å². The van der Waals surface area contributed by atoms with Gasteiger partial charge in [-0.05, 0) is 42.2 Å². The first-order valence-corrected chi connectivity index (χ1v) is 10.5. The number of amides is 2. The highest BCUT2D eigenvalue weighted by molar-refractivity contribution is 6.40. The molecule has 0 aliphatic carbocycles. The molecule has 0 unspecified atom stereocenters. The largest absolute Gasteiger partial charge is 0.454 e. The molecule has 0 aromatic heterocycles. The second kappa shape index (κ2) is 7.99. The van der Waals surface area contributed by atoms with Gasteiger partial charge in [0.25, 0.3) is 0 Å². The van der Waals surface area contributed by atoms with Crippen molar-refractivity contribution in [1.29, 1.82) is 0 Å². The third-order valence-electron chi connectivity index (χ3n) is 6.04. The molecule has 2 aromatic rings. The molecular formula is C23H25N3O4. The van der Waals surface area contributed by atoms with Crippen LogP contribution in [0.15, 0.2) is 42.5 Å². The van der Waals surface area contributed by atoms with Gasteiger partial charge < -0.3 is 19.3 Å². The van der Waals surface area contributed by atoms with Crippen LogP contribution >= 0.6 is 0 Å². The summed E-state index contributed by atoms with van der Waals surface area (Å²) in [6, 6.07) is 13.9. The van der Waals surface area contributed by atoms with E-state index in [0.29, 0.717) is 19.6 Å². The van der Waals surface area contributed by atoms with E-state index in [9.17, 15) is 9.59 Å². The summed E-state index contributed by atoms with van der Waals surface area (Å²) in [5.41, 5.74) is 3.17. The van der Waals surface area contributed by atoms with Crippen LogP contribution in [0.2, 0.25) is 0 Å². The number of ether oxygens (including phenoxy) is 2. The average Bonchev–Trinajstić information content (AvgIpc) is 3.26. The van der Waals surface area contributed by atoms with Crippen LogP contribution in [0.25, 0.3) is 0 Å². The number of carbonyl (C=O) groups is 2. The molecule has 0 radical (unpaired) electrons. The zero-order chi connectivity index (χ0) is 20.5. The molecule has 0 saturated carbocycles. The summed E-state index contributed by atoms with van der Waals surface area (Å²) in [7, 11) is 0. The normalized spacial score (nSPS) is 18.3. The fourth-order valence-corrected chi connectivity index (χ4v) is 4.40. The minimum Gasteiger partial charge on any atom is -0.454 e. The van der Waals surface area contributed by atoms with Gasteiger partial charge in [0.15, 0.2) is 11.5 Å². The van der Waals surface area contributed by atoms with Crippen LogP contribution in [-0.4, -0.2) is 61.1 Å². The average molecular weight is 407 g/mol. The van der Waals surface area contributed by atoms with E-state index in [1.54, 1.807) is 9.80 Å². The maximum atomic E-state index is 12.9. The van der Waals surface area contributed by atoms with Gasteiger partial charge >= 0.3 is 11.8 Å². The lowest BCUT2D eigenvalue weighted by Gasteiger charge is -2.36. The predicted molar refractivity (Wildman–Crippen MR) is 112 cm³/mol. The smallest absolute Gasteiger partial charge is 0.316 e. The number of piperazine rings is 1. The molecule has 2 amide bonds. The molecule has 1 fully saturated rings. The van der Waals surface area contributed by atoms with Crippen molar-refractivity contribution in [1.82, 2.24) is 9.80 Å². The van der Waals surface area contributed by atoms with Gasteiger partial charge in [0, 0.05) is 45.0 Å². The molecule has 156 valence electrons. The number of para-hydroxylation sites is 1. The van der Waals surface area contributed by atoms with Gasteiger partial charge in [-0.1, -0.05) is 24.3 Å². The van der Waals surface area contributed by atoms with Gasteiger partial charge in [0.2, 0.25) is 6.79 Å². The second-order valence-corrected chi connectivity index (χ2v) is 7.95. The van der Waals surface area contributed by atoms with Crippen molar-refractivity contribution in [2.24, 2.45) is 0 Å². The number of benzene rings is 2. The molecule has 3 aliphatic heterocycles. The summed E-state index contributed by atoms with van der Waals surface area (Å²) >= 11 is 0. The van der Waals surface area contributed by atoms with Crippen molar-refractivity contribution >= 4 is 17.5 Å².